The lowest BCUT2D eigenvalue weighted by Crippen LogP contribution is -2.28. The number of rotatable bonds is 4. The average molecular weight is 427 g/mol. The Hall–Kier alpha value is -1.77. The molecule has 1 N–H and O–H groups in total. The fraction of sp³-hybridized carbons (Fsp3) is 0.235. The molecule has 1 aliphatic rings. The number of amides is 1. The smallest absolute Gasteiger partial charge is 0.246 e. The number of anilines is 1. The highest BCUT2D eigenvalue weighted by molar-refractivity contribution is 9.10. The van der Waals surface area contributed by atoms with Gasteiger partial charge in [-0.3, -0.25) is 4.79 Å². The molecule has 3 rings (SSSR count). The van der Waals surface area contributed by atoms with E-state index in [0.29, 0.717) is 17.7 Å². The van der Waals surface area contributed by atoms with Crippen LogP contribution >= 0.6 is 15.9 Å². The highest BCUT2D eigenvalue weighted by Crippen LogP contribution is 2.29. The molecule has 1 aliphatic heterocycles. The number of fused-ring (bicyclic) bond motifs is 1. The van der Waals surface area contributed by atoms with Crippen LogP contribution < -0.4 is 5.32 Å². The quantitative estimate of drug-likeness (QED) is 0.815. The summed E-state index contributed by atoms with van der Waals surface area (Å²) in [6, 6.07) is 9.63. The number of halogens is 2. The highest BCUT2D eigenvalue weighted by atomic mass is 79.9. The van der Waals surface area contributed by atoms with E-state index in [2.05, 4.69) is 21.2 Å². The van der Waals surface area contributed by atoms with Crippen LogP contribution in [0.2, 0.25) is 0 Å². The van der Waals surface area contributed by atoms with E-state index in [0.717, 1.165) is 20.4 Å². The normalized spacial score (nSPS) is 14.3. The van der Waals surface area contributed by atoms with Crippen LogP contribution in [-0.4, -0.2) is 25.7 Å². The minimum absolute atomic E-state index is 0.128. The largest absolute Gasteiger partial charge is 0.326 e. The number of nitrogens with one attached hydrogen (secondary N) is 1. The molecule has 0 radical (unpaired) electrons. The SMILES string of the molecule is CN(Cc1ccc(Br)cc1)S(=O)(=O)c1cc2c(cc1F)NC(=O)CC2. The number of sulfonamides is 1. The molecule has 25 heavy (non-hydrogen) atoms. The number of hydrogen-bond donors (Lipinski definition) is 1. The fourth-order valence-corrected chi connectivity index (χ4v) is 4.19. The zero-order valence-corrected chi connectivity index (χ0v) is 15.8. The van der Waals surface area contributed by atoms with Crippen molar-refractivity contribution in [2.75, 3.05) is 12.4 Å². The lowest BCUT2D eigenvalue weighted by molar-refractivity contribution is -0.116. The van der Waals surface area contributed by atoms with Crippen molar-refractivity contribution in [3.05, 3.63) is 57.8 Å². The van der Waals surface area contributed by atoms with Crippen LogP contribution in [0.25, 0.3) is 0 Å². The first-order valence-electron chi connectivity index (χ1n) is 7.60. The van der Waals surface area contributed by atoms with Crippen molar-refractivity contribution in [1.82, 2.24) is 4.31 Å². The van der Waals surface area contributed by atoms with Crippen LogP contribution in [0.15, 0.2) is 45.8 Å². The van der Waals surface area contributed by atoms with Gasteiger partial charge in [0.25, 0.3) is 0 Å². The molecule has 0 bridgehead atoms. The second-order valence-electron chi connectivity index (χ2n) is 5.88. The summed E-state index contributed by atoms with van der Waals surface area (Å²) in [6.07, 6.45) is 0.646. The van der Waals surface area contributed by atoms with Crippen molar-refractivity contribution in [2.24, 2.45) is 0 Å². The number of nitrogens with zero attached hydrogens (tertiary/aromatic N) is 1. The summed E-state index contributed by atoms with van der Waals surface area (Å²) < 4.78 is 41.9. The Morgan fingerprint density at radius 2 is 1.88 bits per heavy atom. The average Bonchev–Trinajstić information content (AvgIpc) is 2.56. The van der Waals surface area contributed by atoms with Crippen LogP contribution in [0.4, 0.5) is 10.1 Å². The van der Waals surface area contributed by atoms with Gasteiger partial charge in [-0.15, -0.1) is 0 Å². The van der Waals surface area contributed by atoms with E-state index in [1.807, 2.05) is 12.1 Å². The summed E-state index contributed by atoms with van der Waals surface area (Å²) in [5.74, 6) is -1.07. The first kappa shape index (κ1) is 18.0. The van der Waals surface area contributed by atoms with E-state index in [1.165, 1.54) is 13.1 Å². The van der Waals surface area contributed by atoms with E-state index in [-0.39, 0.29) is 23.8 Å². The molecular formula is C17H16BrFN2O3S. The van der Waals surface area contributed by atoms with Gasteiger partial charge in [0, 0.05) is 30.2 Å². The van der Waals surface area contributed by atoms with Gasteiger partial charge in [-0.2, -0.15) is 4.31 Å². The molecule has 132 valence electrons. The first-order chi connectivity index (χ1) is 11.8. The zero-order chi connectivity index (χ0) is 18.2. The minimum atomic E-state index is -3.99. The summed E-state index contributed by atoms with van der Waals surface area (Å²) in [5, 5.41) is 2.56. The molecule has 2 aromatic carbocycles. The molecule has 1 heterocycles. The van der Waals surface area contributed by atoms with Crippen LogP contribution in [0.5, 0.6) is 0 Å². The third kappa shape index (κ3) is 3.75. The van der Waals surface area contributed by atoms with E-state index < -0.39 is 15.8 Å². The number of hydrogen-bond acceptors (Lipinski definition) is 3. The van der Waals surface area contributed by atoms with Gasteiger partial charge in [0.05, 0.1) is 0 Å². The predicted octanol–water partition coefficient (Wildman–Crippen LogP) is 3.29. The topological polar surface area (TPSA) is 66.5 Å². The van der Waals surface area contributed by atoms with Gasteiger partial charge in [-0.05, 0) is 41.8 Å². The van der Waals surface area contributed by atoms with Gasteiger partial charge >= 0.3 is 0 Å². The lowest BCUT2D eigenvalue weighted by Gasteiger charge is -2.21. The summed E-state index contributed by atoms with van der Waals surface area (Å²) in [7, 11) is -2.58. The van der Waals surface area contributed by atoms with Crippen molar-refractivity contribution in [2.45, 2.75) is 24.3 Å². The Balaban J connectivity index is 1.91. The van der Waals surface area contributed by atoms with Crippen LogP contribution in [0.3, 0.4) is 0 Å². The molecule has 1 amide bonds. The molecule has 0 spiro atoms. The molecule has 0 fully saturated rings. The third-order valence-corrected chi connectivity index (χ3v) is 6.41. The third-order valence-electron chi connectivity index (χ3n) is 4.06. The summed E-state index contributed by atoms with van der Waals surface area (Å²) >= 11 is 3.33. The standard InChI is InChI=1S/C17H16BrFN2O3S/c1-21(10-11-2-5-13(18)6-3-11)25(23,24)16-8-12-4-7-17(22)20-15(12)9-14(16)19/h2-3,5-6,8-9H,4,7,10H2,1H3,(H,20,22). The number of benzene rings is 2. The van der Waals surface area contributed by atoms with Crippen molar-refractivity contribution < 1.29 is 17.6 Å². The predicted molar refractivity (Wildman–Crippen MR) is 96.1 cm³/mol. The molecule has 5 nitrogen and oxygen atoms in total. The monoisotopic (exact) mass is 426 g/mol. The van der Waals surface area contributed by atoms with Crippen LogP contribution in [0, 0.1) is 5.82 Å². The van der Waals surface area contributed by atoms with Gasteiger partial charge in [-0.25, -0.2) is 12.8 Å². The minimum Gasteiger partial charge on any atom is -0.326 e. The molecule has 0 saturated carbocycles. The Bertz CT molecular complexity index is 930. The maximum atomic E-state index is 14.4. The Morgan fingerprint density at radius 1 is 1.20 bits per heavy atom. The molecule has 0 atom stereocenters. The molecule has 0 aromatic heterocycles. The number of carbonyl (C=O) groups is 1. The highest BCUT2D eigenvalue weighted by Gasteiger charge is 2.27. The van der Waals surface area contributed by atoms with Crippen LogP contribution in [-0.2, 0) is 27.8 Å². The zero-order valence-electron chi connectivity index (χ0n) is 13.4. The Morgan fingerprint density at radius 3 is 2.56 bits per heavy atom. The van der Waals surface area contributed by atoms with Gasteiger partial charge < -0.3 is 5.32 Å². The summed E-state index contributed by atoms with van der Waals surface area (Å²) in [6.45, 7) is 0.128. The molecule has 0 saturated heterocycles. The molecule has 0 unspecified atom stereocenters. The molecule has 2 aromatic rings. The van der Waals surface area contributed by atoms with Crippen LogP contribution in [0.1, 0.15) is 17.5 Å². The van der Waals surface area contributed by atoms with Gasteiger partial charge in [0.2, 0.25) is 15.9 Å². The molecule has 8 heteroatoms. The van der Waals surface area contributed by atoms with Crippen molar-refractivity contribution in [3.8, 4) is 0 Å². The van der Waals surface area contributed by atoms with E-state index in [9.17, 15) is 17.6 Å². The molecular weight excluding hydrogens is 411 g/mol. The van der Waals surface area contributed by atoms with Gasteiger partial charge in [-0.1, -0.05) is 28.1 Å². The number of aryl methyl sites for hydroxylation is 1. The molecule has 0 aliphatic carbocycles. The maximum absolute atomic E-state index is 14.4. The summed E-state index contributed by atoms with van der Waals surface area (Å²) in [4.78, 5) is 11.0. The summed E-state index contributed by atoms with van der Waals surface area (Å²) in [5.41, 5.74) is 1.75. The second-order valence-corrected chi connectivity index (χ2v) is 8.80. The van der Waals surface area contributed by atoms with Crippen molar-refractivity contribution >= 4 is 37.5 Å². The van der Waals surface area contributed by atoms with E-state index in [1.54, 1.807) is 12.1 Å². The fourth-order valence-electron chi connectivity index (χ4n) is 2.68. The number of carbonyl (C=O) groups excluding carboxylic acids is 1. The van der Waals surface area contributed by atoms with E-state index >= 15 is 0 Å². The van der Waals surface area contributed by atoms with Gasteiger partial charge in [0.1, 0.15) is 10.7 Å². The van der Waals surface area contributed by atoms with Gasteiger partial charge in [0.15, 0.2) is 0 Å². The lowest BCUT2D eigenvalue weighted by atomic mass is 10.0. The van der Waals surface area contributed by atoms with Crippen molar-refractivity contribution in [3.63, 3.8) is 0 Å². The maximum Gasteiger partial charge on any atom is 0.246 e. The van der Waals surface area contributed by atoms with E-state index in [4.69, 9.17) is 0 Å². The Labute approximate surface area is 154 Å². The Kier molecular flexibility index (Phi) is 4.95. The first-order valence-corrected chi connectivity index (χ1v) is 9.84. The second kappa shape index (κ2) is 6.86. The van der Waals surface area contributed by atoms with Crippen molar-refractivity contribution in [1.29, 1.82) is 0 Å².